The van der Waals surface area contributed by atoms with Gasteiger partial charge in [0.2, 0.25) is 7.14 Å². The Balaban J connectivity index is 0.000000188. The first kappa shape index (κ1) is 18.1. The summed E-state index contributed by atoms with van der Waals surface area (Å²) in [6, 6.07) is 13.5. The number of benzene rings is 2. The van der Waals surface area contributed by atoms with Crippen LogP contribution in [0.15, 0.2) is 42.5 Å². The van der Waals surface area contributed by atoms with Crippen molar-refractivity contribution in [3.63, 3.8) is 0 Å². The third-order valence-electron chi connectivity index (χ3n) is 2.66. The zero-order valence-corrected chi connectivity index (χ0v) is 14.3. The fourth-order valence-electron chi connectivity index (χ4n) is 1.90. The molecule has 124 valence electrons. The Morgan fingerprint density at radius 3 is 2.17 bits per heavy atom. The molecule has 2 aromatic rings. The van der Waals surface area contributed by atoms with Gasteiger partial charge in [-0.2, -0.15) is 21.6 Å². The van der Waals surface area contributed by atoms with Crippen molar-refractivity contribution in [2.45, 2.75) is 6.18 Å². The van der Waals surface area contributed by atoms with E-state index in [2.05, 4.69) is 6.07 Å². The van der Waals surface area contributed by atoms with Gasteiger partial charge in [0.25, 0.3) is 10.1 Å². The van der Waals surface area contributed by atoms with Crippen LogP contribution < -0.4 is 21.2 Å². The molecule has 0 aliphatic carbocycles. The number of hydrogen-bond donors (Lipinski definition) is 1. The van der Waals surface area contributed by atoms with Gasteiger partial charge < -0.3 is 0 Å². The molecule has 0 amide bonds. The molecule has 1 N–H and O–H groups in total. The van der Waals surface area contributed by atoms with Crippen molar-refractivity contribution in [3.05, 3.63) is 55.4 Å². The van der Waals surface area contributed by atoms with E-state index in [0.29, 0.717) is 0 Å². The van der Waals surface area contributed by atoms with Crippen LogP contribution in [0.4, 0.5) is 17.6 Å². The number of hydrogen-bond acceptors (Lipinski definition) is 2. The number of rotatable bonds is 1. The van der Waals surface area contributed by atoms with Crippen LogP contribution in [0.3, 0.4) is 0 Å². The molecular formula is C14H10F4IO3S+. The maximum atomic E-state index is 13.6. The third-order valence-corrected chi connectivity index (χ3v) is 6.35. The highest BCUT2D eigenvalue weighted by atomic mass is 127. The van der Waals surface area contributed by atoms with Crippen LogP contribution in [0.2, 0.25) is 0 Å². The van der Waals surface area contributed by atoms with Gasteiger partial charge in [-0.3, -0.25) is 4.55 Å². The average Bonchev–Trinajstić information content (AvgIpc) is 2.74. The Kier molecular flexibility index (Phi) is 5.31. The Labute approximate surface area is 140 Å². The highest BCUT2D eigenvalue weighted by Crippen LogP contribution is 2.24. The molecule has 0 spiro atoms. The topological polar surface area (TPSA) is 54.4 Å². The smallest absolute Gasteiger partial charge is 0.285 e. The molecule has 0 fully saturated rings. The molecule has 1 heterocycles. The van der Waals surface area contributed by atoms with Crippen molar-refractivity contribution in [1.82, 2.24) is 0 Å². The fraction of sp³-hybridized carbons (Fsp3) is 0.143. The van der Waals surface area contributed by atoms with Gasteiger partial charge in [-0.1, -0.05) is 18.2 Å². The molecule has 2 aromatic carbocycles. The van der Waals surface area contributed by atoms with Crippen molar-refractivity contribution in [3.8, 4) is 11.1 Å². The number of fused-ring (bicyclic) bond motifs is 3. The molecule has 9 heteroatoms. The molecule has 1 aliphatic rings. The summed E-state index contributed by atoms with van der Waals surface area (Å²) in [5, 5.41) is 0. The van der Waals surface area contributed by atoms with E-state index in [1.165, 1.54) is 7.14 Å². The lowest BCUT2D eigenvalue weighted by molar-refractivity contribution is -0.590. The predicted octanol–water partition coefficient (Wildman–Crippen LogP) is 0.371. The molecule has 1 aliphatic heterocycles. The zero-order valence-electron chi connectivity index (χ0n) is 11.3. The Bertz CT molecular complexity index is 819. The monoisotopic (exact) mass is 461 g/mol. The van der Waals surface area contributed by atoms with Gasteiger partial charge in [-0.05, 0) is 24.3 Å². The van der Waals surface area contributed by atoms with Crippen molar-refractivity contribution >= 4 is 10.1 Å². The van der Waals surface area contributed by atoms with Crippen molar-refractivity contribution in [1.29, 1.82) is 0 Å². The standard InChI is InChI=1S/C12H7FI.C2H3F3O3S/c13-9-5-3-7-11-12(9)8-4-1-2-6-10(8)14-11;3-2(4,5)1-9(6,7)8/h1-7H;1H2,(H,6,7,8)/q+1;. The van der Waals surface area contributed by atoms with E-state index in [1.807, 2.05) is 24.3 Å². The van der Waals surface area contributed by atoms with E-state index < -0.39 is 22.0 Å². The van der Waals surface area contributed by atoms with Crippen LogP contribution in [-0.4, -0.2) is 24.9 Å². The normalized spacial score (nSPS) is 12.9. The van der Waals surface area contributed by atoms with Gasteiger partial charge in [-0.25, -0.2) is 4.39 Å². The third kappa shape index (κ3) is 5.15. The zero-order chi connectivity index (χ0) is 17.3. The van der Waals surface area contributed by atoms with Gasteiger partial charge in [0.15, 0.2) is 5.75 Å². The number of alkyl halides is 3. The van der Waals surface area contributed by atoms with Gasteiger partial charge >= 0.3 is 27.4 Å². The number of halogens is 5. The minimum atomic E-state index is -4.91. The van der Waals surface area contributed by atoms with Crippen LogP contribution in [0, 0.1) is 13.0 Å². The lowest BCUT2D eigenvalue weighted by Gasteiger charge is -2.00. The van der Waals surface area contributed by atoms with Crippen molar-refractivity contribution in [2.24, 2.45) is 0 Å². The van der Waals surface area contributed by atoms with E-state index >= 15 is 0 Å². The predicted molar refractivity (Wildman–Crippen MR) is 71.7 cm³/mol. The van der Waals surface area contributed by atoms with Crippen molar-refractivity contribution < 1.29 is 51.7 Å². The summed E-state index contributed by atoms with van der Waals surface area (Å²) < 4.78 is 75.7. The maximum absolute atomic E-state index is 13.6. The summed E-state index contributed by atoms with van der Waals surface area (Å²) in [6.07, 6.45) is -4.85. The average molecular weight is 461 g/mol. The minimum Gasteiger partial charge on any atom is -0.285 e. The minimum absolute atomic E-state index is 0.0767. The lowest BCUT2D eigenvalue weighted by atomic mass is 10.1. The molecule has 0 aromatic heterocycles. The Hall–Kier alpha value is -1.20. The molecule has 3 rings (SSSR count). The SMILES string of the molecule is Fc1cccc2c1-c1ccccc1[I+]2.O=S(=O)(O)CC(F)(F)F. The second kappa shape index (κ2) is 6.73. The first-order valence-electron chi connectivity index (χ1n) is 6.11. The lowest BCUT2D eigenvalue weighted by Crippen LogP contribution is -3.61. The Morgan fingerprint density at radius 2 is 1.61 bits per heavy atom. The quantitative estimate of drug-likeness (QED) is 0.324. The van der Waals surface area contributed by atoms with Gasteiger partial charge in [0.1, 0.15) is 5.82 Å². The van der Waals surface area contributed by atoms with E-state index in [9.17, 15) is 26.0 Å². The van der Waals surface area contributed by atoms with Crippen LogP contribution in [0.1, 0.15) is 0 Å². The van der Waals surface area contributed by atoms with E-state index in [4.69, 9.17) is 4.55 Å². The molecule has 23 heavy (non-hydrogen) atoms. The molecule has 3 nitrogen and oxygen atoms in total. The summed E-state index contributed by atoms with van der Waals surface area (Å²) in [5.74, 6) is -2.26. The molecule has 0 unspecified atom stereocenters. The first-order valence-corrected chi connectivity index (χ1v) is 9.88. The molecule has 0 atom stereocenters. The second-order valence-electron chi connectivity index (χ2n) is 4.51. The van der Waals surface area contributed by atoms with Gasteiger partial charge in [0, 0.05) is 5.56 Å². The molecule has 0 saturated heterocycles. The fourth-order valence-corrected chi connectivity index (χ4v) is 5.27. The van der Waals surface area contributed by atoms with Gasteiger partial charge in [0.05, 0.1) is 5.56 Å². The van der Waals surface area contributed by atoms with Crippen LogP contribution in [-0.2, 0) is 10.1 Å². The van der Waals surface area contributed by atoms with Gasteiger partial charge in [-0.15, -0.1) is 0 Å². The summed E-state index contributed by atoms with van der Waals surface area (Å²) in [7, 11) is -4.91. The summed E-state index contributed by atoms with van der Waals surface area (Å²) in [4.78, 5) is 0. The van der Waals surface area contributed by atoms with Crippen LogP contribution >= 0.6 is 0 Å². The van der Waals surface area contributed by atoms with Crippen LogP contribution in [0.5, 0.6) is 0 Å². The van der Waals surface area contributed by atoms with E-state index in [1.54, 1.807) is 12.1 Å². The molecule has 0 saturated carbocycles. The van der Waals surface area contributed by atoms with E-state index in [0.717, 1.165) is 11.1 Å². The van der Waals surface area contributed by atoms with Crippen molar-refractivity contribution in [2.75, 3.05) is 5.75 Å². The highest BCUT2D eigenvalue weighted by Gasteiger charge is 2.35. The Morgan fingerprint density at radius 1 is 1.00 bits per heavy atom. The second-order valence-corrected chi connectivity index (χ2v) is 8.83. The highest BCUT2D eigenvalue weighted by molar-refractivity contribution is 7.85. The maximum Gasteiger partial charge on any atom is 0.405 e. The summed E-state index contributed by atoms with van der Waals surface area (Å²) >= 11 is -0.154. The molecular weight excluding hydrogens is 451 g/mol. The summed E-state index contributed by atoms with van der Waals surface area (Å²) in [5.41, 5.74) is 1.95. The molecule has 0 radical (unpaired) electrons. The first-order chi connectivity index (χ1) is 10.6. The van der Waals surface area contributed by atoms with E-state index in [-0.39, 0.29) is 27.0 Å². The largest absolute Gasteiger partial charge is 0.405 e. The van der Waals surface area contributed by atoms with Crippen LogP contribution in [0.25, 0.3) is 11.1 Å². The molecule has 0 bridgehead atoms. The summed E-state index contributed by atoms with van der Waals surface area (Å²) in [6.45, 7) is 0.